The van der Waals surface area contributed by atoms with Gasteiger partial charge in [-0.1, -0.05) is 36.1 Å². The van der Waals surface area contributed by atoms with E-state index in [4.69, 9.17) is 5.11 Å². The molecule has 4 rings (SSSR count). The number of imidazole rings is 1. The average Bonchev–Trinajstić information content (AvgIpc) is 3.41. The minimum atomic E-state index is -0.941. The second kappa shape index (κ2) is 8.23. The first kappa shape index (κ1) is 18.2. The summed E-state index contributed by atoms with van der Waals surface area (Å²) < 4.78 is 1.91. The van der Waals surface area contributed by atoms with Crippen LogP contribution in [-0.2, 0) is 13.1 Å². The molecule has 0 atom stereocenters. The van der Waals surface area contributed by atoms with Crippen LogP contribution < -0.4 is 0 Å². The molecule has 0 aliphatic rings. The maximum Gasteiger partial charge on any atom is 0.335 e. The average molecular weight is 383 g/mol. The fourth-order valence-corrected chi connectivity index (χ4v) is 2.79. The van der Waals surface area contributed by atoms with E-state index in [1.807, 2.05) is 35.0 Å². The standard InChI is InChI=1S/C22H17N5O2/c28-22(29)19-8-6-18(7-9-19)15-27-24-14-21(25-27)20-5-1-3-17(13-20)4-2-11-26-12-10-23-16-26/h1,3,5-10,12-14,16H,11,15H2,(H,28,29). The lowest BCUT2D eigenvalue weighted by Crippen LogP contribution is -2.04. The van der Waals surface area contributed by atoms with Crippen LogP contribution in [0, 0.1) is 11.8 Å². The number of hydrogen-bond donors (Lipinski definition) is 1. The van der Waals surface area contributed by atoms with E-state index in [2.05, 4.69) is 27.0 Å². The number of hydrogen-bond acceptors (Lipinski definition) is 4. The molecule has 4 aromatic rings. The number of carbonyl (C=O) groups is 1. The molecule has 1 N–H and O–H groups in total. The molecule has 2 heterocycles. The van der Waals surface area contributed by atoms with Gasteiger partial charge in [-0.15, -0.1) is 0 Å². The fourth-order valence-electron chi connectivity index (χ4n) is 2.79. The van der Waals surface area contributed by atoms with Crippen LogP contribution in [0.2, 0.25) is 0 Å². The molecule has 0 aliphatic heterocycles. The lowest BCUT2D eigenvalue weighted by molar-refractivity contribution is 0.0697. The quantitative estimate of drug-likeness (QED) is 0.536. The maximum absolute atomic E-state index is 10.9. The summed E-state index contributed by atoms with van der Waals surface area (Å²) in [6.45, 7) is 1.05. The Bertz CT molecular complexity index is 1180. The number of benzene rings is 2. The zero-order chi connectivity index (χ0) is 20.1. The fraction of sp³-hybridized carbons (Fsp3) is 0.0909. The molecule has 2 aromatic carbocycles. The minimum Gasteiger partial charge on any atom is -0.478 e. The van der Waals surface area contributed by atoms with Gasteiger partial charge in [0.2, 0.25) is 0 Å². The number of rotatable bonds is 5. The topological polar surface area (TPSA) is 85.8 Å². The van der Waals surface area contributed by atoms with Crippen molar-refractivity contribution >= 4 is 5.97 Å². The maximum atomic E-state index is 10.9. The van der Waals surface area contributed by atoms with E-state index < -0.39 is 5.97 Å². The summed E-state index contributed by atoms with van der Waals surface area (Å²) in [6, 6.07) is 14.5. The van der Waals surface area contributed by atoms with Gasteiger partial charge < -0.3 is 9.67 Å². The molecule has 0 amide bonds. The van der Waals surface area contributed by atoms with Gasteiger partial charge in [0.15, 0.2) is 0 Å². The van der Waals surface area contributed by atoms with Crippen LogP contribution in [0.3, 0.4) is 0 Å². The summed E-state index contributed by atoms with van der Waals surface area (Å²) in [5.74, 6) is 5.33. The van der Waals surface area contributed by atoms with Gasteiger partial charge in [-0.2, -0.15) is 15.0 Å². The van der Waals surface area contributed by atoms with Crippen LogP contribution in [-0.4, -0.2) is 35.6 Å². The third-order valence-corrected chi connectivity index (χ3v) is 4.27. The second-order valence-corrected chi connectivity index (χ2v) is 6.38. The first-order valence-electron chi connectivity index (χ1n) is 8.95. The van der Waals surface area contributed by atoms with Gasteiger partial charge in [0, 0.05) is 23.5 Å². The van der Waals surface area contributed by atoms with E-state index in [9.17, 15) is 4.79 Å². The molecular formula is C22H17N5O2. The Hall–Kier alpha value is -4.18. The predicted octanol–water partition coefficient (Wildman–Crippen LogP) is 2.94. The number of aromatic nitrogens is 5. The van der Waals surface area contributed by atoms with E-state index in [1.165, 1.54) is 0 Å². The Morgan fingerprint density at radius 2 is 2.00 bits per heavy atom. The molecule has 29 heavy (non-hydrogen) atoms. The molecule has 0 bridgehead atoms. The van der Waals surface area contributed by atoms with Crippen LogP contribution >= 0.6 is 0 Å². The second-order valence-electron chi connectivity index (χ2n) is 6.38. The molecule has 0 aliphatic carbocycles. The van der Waals surface area contributed by atoms with Crippen molar-refractivity contribution in [3.63, 3.8) is 0 Å². The number of carboxylic acid groups (broad SMARTS) is 1. The van der Waals surface area contributed by atoms with Gasteiger partial charge in [0.25, 0.3) is 0 Å². The molecule has 2 aromatic heterocycles. The molecular weight excluding hydrogens is 366 g/mol. The highest BCUT2D eigenvalue weighted by Crippen LogP contribution is 2.17. The zero-order valence-electron chi connectivity index (χ0n) is 15.4. The van der Waals surface area contributed by atoms with E-state index in [0.717, 1.165) is 22.4 Å². The van der Waals surface area contributed by atoms with Gasteiger partial charge in [-0.05, 0) is 29.8 Å². The van der Waals surface area contributed by atoms with Gasteiger partial charge in [-0.3, -0.25) is 0 Å². The zero-order valence-corrected chi connectivity index (χ0v) is 15.4. The van der Waals surface area contributed by atoms with Crippen LogP contribution in [0.25, 0.3) is 11.3 Å². The Balaban J connectivity index is 1.46. The Morgan fingerprint density at radius 1 is 1.14 bits per heavy atom. The highest BCUT2D eigenvalue weighted by molar-refractivity contribution is 5.87. The summed E-state index contributed by atoms with van der Waals surface area (Å²) in [5, 5.41) is 17.8. The van der Waals surface area contributed by atoms with Crippen molar-refractivity contribution in [1.82, 2.24) is 24.5 Å². The summed E-state index contributed by atoms with van der Waals surface area (Å²) in [4.78, 5) is 16.5. The van der Waals surface area contributed by atoms with Crippen molar-refractivity contribution in [2.45, 2.75) is 13.1 Å². The third kappa shape index (κ3) is 4.57. The third-order valence-electron chi connectivity index (χ3n) is 4.27. The normalized spacial score (nSPS) is 10.3. The minimum absolute atomic E-state index is 0.258. The van der Waals surface area contributed by atoms with Crippen molar-refractivity contribution in [2.75, 3.05) is 0 Å². The largest absolute Gasteiger partial charge is 0.478 e. The van der Waals surface area contributed by atoms with E-state index in [0.29, 0.717) is 13.1 Å². The number of aromatic carboxylic acids is 1. The molecule has 142 valence electrons. The van der Waals surface area contributed by atoms with Gasteiger partial charge in [0.1, 0.15) is 5.69 Å². The Labute approximate surface area is 167 Å². The van der Waals surface area contributed by atoms with E-state index in [1.54, 1.807) is 47.8 Å². The molecule has 0 radical (unpaired) electrons. The summed E-state index contributed by atoms with van der Waals surface area (Å²) in [5.41, 5.74) is 3.78. The first-order chi connectivity index (χ1) is 14.2. The van der Waals surface area contributed by atoms with Crippen molar-refractivity contribution < 1.29 is 9.90 Å². The molecule has 0 unspecified atom stereocenters. The highest BCUT2D eigenvalue weighted by atomic mass is 16.4. The number of carboxylic acids is 1. The summed E-state index contributed by atoms with van der Waals surface area (Å²) >= 11 is 0. The SMILES string of the molecule is O=C(O)c1ccc(Cn2ncc(-c3cccc(C#CCn4ccnc4)c3)n2)cc1. The predicted molar refractivity (Wildman–Crippen MR) is 107 cm³/mol. The molecule has 7 heteroatoms. The Kier molecular flexibility index (Phi) is 5.16. The monoisotopic (exact) mass is 383 g/mol. The first-order valence-corrected chi connectivity index (χ1v) is 8.95. The van der Waals surface area contributed by atoms with Crippen LogP contribution in [0.15, 0.2) is 73.4 Å². The van der Waals surface area contributed by atoms with Crippen molar-refractivity contribution in [3.05, 3.63) is 90.1 Å². The van der Waals surface area contributed by atoms with Crippen LogP contribution in [0.4, 0.5) is 0 Å². The summed E-state index contributed by atoms with van der Waals surface area (Å²) in [6.07, 6.45) is 7.05. The Morgan fingerprint density at radius 3 is 2.76 bits per heavy atom. The van der Waals surface area contributed by atoms with Crippen molar-refractivity contribution in [2.24, 2.45) is 0 Å². The summed E-state index contributed by atoms with van der Waals surface area (Å²) in [7, 11) is 0. The van der Waals surface area contributed by atoms with E-state index >= 15 is 0 Å². The number of nitrogens with zero attached hydrogens (tertiary/aromatic N) is 5. The molecule has 7 nitrogen and oxygen atoms in total. The lowest BCUT2D eigenvalue weighted by atomic mass is 10.1. The molecule has 0 saturated heterocycles. The van der Waals surface area contributed by atoms with Crippen molar-refractivity contribution in [1.29, 1.82) is 0 Å². The van der Waals surface area contributed by atoms with Gasteiger partial charge in [-0.25, -0.2) is 9.78 Å². The van der Waals surface area contributed by atoms with Crippen LogP contribution in [0.5, 0.6) is 0 Å². The highest BCUT2D eigenvalue weighted by Gasteiger charge is 2.06. The smallest absolute Gasteiger partial charge is 0.335 e. The molecule has 0 saturated carbocycles. The van der Waals surface area contributed by atoms with Gasteiger partial charge >= 0.3 is 5.97 Å². The lowest BCUT2D eigenvalue weighted by Gasteiger charge is -2.01. The molecule has 0 spiro atoms. The van der Waals surface area contributed by atoms with Gasteiger partial charge in [0.05, 0.1) is 31.2 Å². The molecule has 0 fully saturated rings. The van der Waals surface area contributed by atoms with E-state index in [-0.39, 0.29) is 5.56 Å². The van der Waals surface area contributed by atoms with Crippen LogP contribution in [0.1, 0.15) is 21.5 Å². The van der Waals surface area contributed by atoms with Crippen molar-refractivity contribution in [3.8, 4) is 23.1 Å².